The molecule has 0 N–H and O–H groups in total. The van der Waals surface area contributed by atoms with Crippen molar-refractivity contribution in [2.75, 3.05) is 13.7 Å². The van der Waals surface area contributed by atoms with Crippen molar-refractivity contribution in [2.24, 2.45) is 5.92 Å². The Morgan fingerprint density at radius 2 is 2.14 bits per heavy atom. The Kier molecular flexibility index (Phi) is 3.88. The number of amides is 1. The highest BCUT2D eigenvalue weighted by atomic mass is 16.5. The zero-order valence-electron chi connectivity index (χ0n) is 12.6. The van der Waals surface area contributed by atoms with E-state index in [4.69, 9.17) is 4.74 Å². The van der Waals surface area contributed by atoms with Crippen molar-refractivity contribution in [3.63, 3.8) is 0 Å². The minimum absolute atomic E-state index is 0.0941. The van der Waals surface area contributed by atoms with Crippen LogP contribution in [0.2, 0.25) is 0 Å². The van der Waals surface area contributed by atoms with Gasteiger partial charge >= 0.3 is 5.97 Å². The lowest BCUT2D eigenvalue weighted by atomic mass is 9.79. The van der Waals surface area contributed by atoms with Crippen LogP contribution in [0.25, 0.3) is 0 Å². The number of nitriles is 2. The molecule has 2 atom stereocenters. The van der Waals surface area contributed by atoms with Crippen molar-refractivity contribution in [1.82, 2.24) is 4.90 Å². The van der Waals surface area contributed by atoms with Gasteiger partial charge in [0.15, 0.2) is 11.5 Å². The van der Waals surface area contributed by atoms with Crippen LogP contribution in [0.5, 0.6) is 0 Å². The minimum Gasteiger partial charge on any atom is -0.465 e. The third-order valence-electron chi connectivity index (χ3n) is 3.97. The van der Waals surface area contributed by atoms with Gasteiger partial charge in [-0.25, -0.2) is 0 Å². The monoisotopic (exact) mass is 297 g/mol. The van der Waals surface area contributed by atoms with Crippen LogP contribution in [0, 0.1) is 35.5 Å². The molecule has 1 aromatic carbocycles. The fraction of sp³-hybridized carbons (Fsp3) is 0.375. The molecular formula is C16H15N3O3. The second kappa shape index (κ2) is 5.50. The van der Waals surface area contributed by atoms with Crippen LogP contribution in [0.15, 0.2) is 18.2 Å². The van der Waals surface area contributed by atoms with E-state index in [2.05, 4.69) is 0 Å². The van der Waals surface area contributed by atoms with Gasteiger partial charge < -0.3 is 9.64 Å². The van der Waals surface area contributed by atoms with E-state index in [1.165, 1.54) is 7.05 Å². The number of hydrogen-bond donors (Lipinski definition) is 0. The number of fused-ring (bicyclic) bond motifs is 1. The zero-order chi connectivity index (χ0) is 16.5. The van der Waals surface area contributed by atoms with Gasteiger partial charge in [0, 0.05) is 18.2 Å². The van der Waals surface area contributed by atoms with Crippen LogP contribution in [0.3, 0.4) is 0 Å². The average molecular weight is 297 g/mol. The number of rotatable bonds is 3. The summed E-state index contributed by atoms with van der Waals surface area (Å²) in [5.74, 6) is -2.59. The van der Waals surface area contributed by atoms with Crippen LogP contribution in [0.4, 0.5) is 0 Å². The summed E-state index contributed by atoms with van der Waals surface area (Å²) in [7, 11) is 1.43. The summed E-state index contributed by atoms with van der Waals surface area (Å²) in [5, 5.41) is 19.2. The molecule has 1 aliphatic rings. The topological polar surface area (TPSA) is 94.2 Å². The lowest BCUT2D eigenvalue weighted by Crippen LogP contribution is -2.48. The van der Waals surface area contributed by atoms with Crippen molar-refractivity contribution >= 4 is 11.9 Å². The van der Waals surface area contributed by atoms with E-state index in [0.29, 0.717) is 16.7 Å². The van der Waals surface area contributed by atoms with E-state index in [-0.39, 0.29) is 12.5 Å². The van der Waals surface area contributed by atoms with Crippen LogP contribution in [-0.4, -0.2) is 30.4 Å². The smallest absolute Gasteiger partial charge is 0.327 e. The first-order chi connectivity index (χ1) is 10.4. The average Bonchev–Trinajstić information content (AvgIpc) is 2.72. The van der Waals surface area contributed by atoms with Gasteiger partial charge in [0.1, 0.15) is 0 Å². The number of nitrogens with zero attached hydrogens (tertiary/aromatic N) is 3. The lowest BCUT2D eigenvalue weighted by molar-refractivity contribution is -0.149. The lowest BCUT2D eigenvalue weighted by Gasteiger charge is -2.32. The van der Waals surface area contributed by atoms with Gasteiger partial charge in [0.05, 0.1) is 18.7 Å². The van der Waals surface area contributed by atoms with Crippen LogP contribution in [0.1, 0.15) is 28.4 Å². The highest BCUT2D eigenvalue weighted by Crippen LogP contribution is 2.44. The number of aryl methyl sites for hydroxylation is 1. The third-order valence-corrected chi connectivity index (χ3v) is 3.97. The van der Waals surface area contributed by atoms with Crippen molar-refractivity contribution in [1.29, 1.82) is 10.5 Å². The molecule has 112 valence electrons. The Morgan fingerprint density at radius 1 is 1.45 bits per heavy atom. The first-order valence-corrected chi connectivity index (χ1v) is 6.81. The Morgan fingerprint density at radius 3 is 2.68 bits per heavy atom. The molecule has 1 aliphatic heterocycles. The van der Waals surface area contributed by atoms with Crippen molar-refractivity contribution < 1.29 is 14.3 Å². The Bertz CT molecular complexity index is 729. The second-order valence-corrected chi connectivity index (χ2v) is 5.05. The number of benzene rings is 1. The standard InChI is InChI=1S/C16H15N3O3/c1-4-22-15(21)12(8-17)16(9-18)11-7-5-6-10(2)13(11)14(20)19(16)3/h5-7,12H,4H2,1-3H3. The molecule has 1 amide bonds. The maximum absolute atomic E-state index is 12.5. The van der Waals surface area contributed by atoms with Crippen molar-refractivity contribution in [3.8, 4) is 12.1 Å². The number of hydrogen-bond acceptors (Lipinski definition) is 5. The van der Waals surface area contributed by atoms with Crippen molar-refractivity contribution in [3.05, 3.63) is 34.9 Å². The second-order valence-electron chi connectivity index (χ2n) is 5.05. The molecule has 6 heteroatoms. The summed E-state index contributed by atoms with van der Waals surface area (Å²) in [6.07, 6.45) is 0. The molecule has 0 aromatic heterocycles. The van der Waals surface area contributed by atoms with E-state index in [0.717, 1.165) is 4.90 Å². The minimum atomic E-state index is -1.67. The molecule has 0 fully saturated rings. The fourth-order valence-corrected chi connectivity index (χ4v) is 2.87. The zero-order valence-corrected chi connectivity index (χ0v) is 12.6. The quantitative estimate of drug-likeness (QED) is 0.788. The molecule has 2 rings (SSSR count). The van der Waals surface area contributed by atoms with Crippen molar-refractivity contribution in [2.45, 2.75) is 19.4 Å². The normalized spacial score (nSPS) is 20.8. The number of ether oxygens (including phenoxy) is 1. The molecule has 0 aliphatic carbocycles. The molecule has 0 radical (unpaired) electrons. The van der Waals surface area contributed by atoms with E-state index < -0.39 is 17.4 Å². The van der Waals surface area contributed by atoms with E-state index >= 15 is 0 Å². The Hall–Kier alpha value is -2.86. The van der Waals surface area contributed by atoms with E-state index in [1.54, 1.807) is 32.0 Å². The van der Waals surface area contributed by atoms with Gasteiger partial charge in [0.25, 0.3) is 5.91 Å². The highest BCUT2D eigenvalue weighted by molar-refractivity contribution is 6.03. The largest absolute Gasteiger partial charge is 0.465 e. The molecule has 2 unspecified atom stereocenters. The number of carbonyl (C=O) groups excluding carboxylic acids is 2. The maximum Gasteiger partial charge on any atom is 0.327 e. The number of esters is 1. The SMILES string of the molecule is CCOC(=O)C(C#N)C1(C#N)c2cccc(C)c2C(=O)N1C. The first-order valence-electron chi connectivity index (χ1n) is 6.81. The van der Waals surface area contributed by atoms with Gasteiger partial charge in [-0.15, -0.1) is 0 Å². The summed E-state index contributed by atoms with van der Waals surface area (Å²) in [4.78, 5) is 25.8. The Labute approximate surface area is 128 Å². The van der Waals surface area contributed by atoms with Gasteiger partial charge in [-0.2, -0.15) is 10.5 Å². The summed E-state index contributed by atoms with van der Waals surface area (Å²) in [5.41, 5.74) is -0.218. The predicted octanol–water partition coefficient (Wildman–Crippen LogP) is 1.50. The summed E-state index contributed by atoms with van der Waals surface area (Å²) >= 11 is 0. The fourth-order valence-electron chi connectivity index (χ4n) is 2.87. The van der Waals surface area contributed by atoms with E-state index in [1.807, 2.05) is 12.1 Å². The third kappa shape index (κ3) is 1.85. The van der Waals surface area contributed by atoms with Crippen LogP contribution < -0.4 is 0 Å². The highest BCUT2D eigenvalue weighted by Gasteiger charge is 2.57. The van der Waals surface area contributed by atoms with Gasteiger partial charge in [-0.3, -0.25) is 9.59 Å². The molecule has 0 spiro atoms. The molecule has 6 nitrogen and oxygen atoms in total. The molecule has 1 aromatic rings. The van der Waals surface area contributed by atoms with Crippen LogP contribution in [-0.2, 0) is 15.1 Å². The van der Waals surface area contributed by atoms with Gasteiger partial charge in [0.2, 0.25) is 0 Å². The van der Waals surface area contributed by atoms with Crippen LogP contribution >= 0.6 is 0 Å². The molecule has 0 saturated heterocycles. The van der Waals surface area contributed by atoms with Gasteiger partial charge in [-0.05, 0) is 19.4 Å². The molecule has 0 bridgehead atoms. The summed E-state index contributed by atoms with van der Waals surface area (Å²) < 4.78 is 4.91. The van der Waals surface area contributed by atoms with Gasteiger partial charge in [-0.1, -0.05) is 18.2 Å². The first kappa shape index (κ1) is 15.5. The van der Waals surface area contributed by atoms with E-state index in [9.17, 15) is 20.1 Å². The molecule has 1 heterocycles. The maximum atomic E-state index is 12.5. The molecular weight excluding hydrogens is 282 g/mol. The molecule has 22 heavy (non-hydrogen) atoms. The predicted molar refractivity (Wildman–Crippen MR) is 76.3 cm³/mol. The Balaban J connectivity index is 2.73. The summed E-state index contributed by atoms with van der Waals surface area (Å²) in [6, 6.07) is 8.92. The molecule has 0 saturated carbocycles. The summed E-state index contributed by atoms with van der Waals surface area (Å²) in [6.45, 7) is 3.47. The number of carbonyl (C=O) groups is 2.